The first-order chi connectivity index (χ1) is 23.0. The number of anilines is 2. The fourth-order valence-electron chi connectivity index (χ4n) is 7.26. The van der Waals surface area contributed by atoms with Gasteiger partial charge in [0.2, 0.25) is 0 Å². The van der Waals surface area contributed by atoms with E-state index >= 15 is 0 Å². The van der Waals surface area contributed by atoms with Gasteiger partial charge in [0.05, 0.1) is 61.3 Å². The number of halogens is 1. The zero-order chi connectivity index (χ0) is 32.5. The molecule has 3 aliphatic rings. The van der Waals surface area contributed by atoms with E-state index in [1.54, 1.807) is 39.8 Å². The number of methoxy groups -OCH3 is 3. The molecule has 0 spiro atoms. The molecule has 10 nitrogen and oxygen atoms in total. The van der Waals surface area contributed by atoms with Crippen molar-refractivity contribution in [3.8, 4) is 34.3 Å². The van der Waals surface area contributed by atoms with Crippen molar-refractivity contribution >= 4 is 28.9 Å². The van der Waals surface area contributed by atoms with Crippen LogP contribution in [0.1, 0.15) is 59.6 Å². The minimum atomic E-state index is -0.0668. The van der Waals surface area contributed by atoms with Crippen molar-refractivity contribution < 1.29 is 28.5 Å². The monoisotopic (exact) mass is 658 g/mol. The number of benzene rings is 2. The smallest absolute Gasteiger partial charge is 0.258 e. The Balaban J connectivity index is 1.35. The number of carbonyl (C=O) groups excluding carboxylic acids is 1. The molecule has 0 bridgehead atoms. The van der Waals surface area contributed by atoms with Gasteiger partial charge >= 0.3 is 0 Å². The first kappa shape index (κ1) is 31.2. The molecule has 0 unspecified atom stereocenters. The predicted octanol–water partition coefficient (Wildman–Crippen LogP) is 7.35. The maximum Gasteiger partial charge on any atom is 0.258 e. The third-order valence-electron chi connectivity index (χ3n) is 9.52. The quantitative estimate of drug-likeness (QED) is 0.172. The number of fused-ring (bicyclic) bond motifs is 3. The van der Waals surface area contributed by atoms with E-state index < -0.39 is 0 Å². The van der Waals surface area contributed by atoms with E-state index in [4.69, 9.17) is 35.3 Å². The molecular weight excluding hydrogens is 620 g/mol. The summed E-state index contributed by atoms with van der Waals surface area (Å²) in [7, 11) is 4.85. The molecule has 4 heterocycles. The molecule has 4 aromatic rings. The molecule has 1 aliphatic carbocycles. The van der Waals surface area contributed by atoms with Crippen LogP contribution in [0, 0.1) is 0 Å². The van der Waals surface area contributed by atoms with E-state index in [1.165, 1.54) is 0 Å². The first-order valence-electron chi connectivity index (χ1n) is 16.1. The van der Waals surface area contributed by atoms with Crippen LogP contribution in [0.3, 0.4) is 0 Å². The highest BCUT2D eigenvalue weighted by atomic mass is 35.5. The summed E-state index contributed by atoms with van der Waals surface area (Å²) in [5.41, 5.74) is 5.25. The Hall–Kier alpha value is -4.41. The Kier molecular flexibility index (Phi) is 8.88. The van der Waals surface area contributed by atoms with Crippen molar-refractivity contribution in [1.82, 2.24) is 14.9 Å². The number of hydrogen-bond acceptors (Lipinski definition) is 8. The number of nitrogens with one attached hydrogen (secondary N) is 2. The highest BCUT2D eigenvalue weighted by Crippen LogP contribution is 2.51. The standard InChI is InChI=1S/C36H39ClN4O6/c1-43-22-13-12-21(29(17-22)44-2)19-41-28-11-4-8-24(28)32-31(36(41)42)34(39-27-10-5-9-26(37)35(27)45-3)33(40-32)25-14-15-38-18-30(25)47-20-23-7-6-16-46-23/h5,9-10,12-15,17-18,23-24,28,39-40H,4,6-8,11,16,19-20H2,1-3H3/t23-,24-,28+/m0/s1. The Morgan fingerprint density at radius 1 is 1.04 bits per heavy atom. The van der Waals surface area contributed by atoms with Gasteiger partial charge in [0, 0.05) is 54.2 Å². The molecule has 11 heteroatoms. The van der Waals surface area contributed by atoms with Gasteiger partial charge < -0.3 is 38.9 Å². The van der Waals surface area contributed by atoms with Crippen LogP contribution in [-0.4, -0.2) is 67.5 Å². The number of pyridine rings is 1. The van der Waals surface area contributed by atoms with Crippen molar-refractivity contribution in [2.24, 2.45) is 0 Å². The lowest BCUT2D eigenvalue weighted by Gasteiger charge is -2.38. The van der Waals surface area contributed by atoms with E-state index in [2.05, 4.69) is 15.3 Å². The van der Waals surface area contributed by atoms with E-state index in [0.717, 1.165) is 61.2 Å². The van der Waals surface area contributed by atoms with Crippen molar-refractivity contribution in [1.29, 1.82) is 0 Å². The summed E-state index contributed by atoms with van der Waals surface area (Å²) in [6.45, 7) is 1.57. The summed E-state index contributed by atoms with van der Waals surface area (Å²) in [5, 5.41) is 4.03. The molecule has 1 amide bonds. The Labute approximate surface area is 279 Å². The van der Waals surface area contributed by atoms with Gasteiger partial charge in [-0.2, -0.15) is 0 Å². The van der Waals surface area contributed by atoms with Gasteiger partial charge in [-0.05, 0) is 56.0 Å². The first-order valence-corrected chi connectivity index (χ1v) is 16.4. The van der Waals surface area contributed by atoms with Crippen LogP contribution in [0.2, 0.25) is 5.02 Å². The molecule has 2 N–H and O–H groups in total. The lowest BCUT2D eigenvalue weighted by molar-refractivity contribution is 0.0612. The van der Waals surface area contributed by atoms with Crippen LogP contribution in [0.15, 0.2) is 54.9 Å². The van der Waals surface area contributed by atoms with Crippen LogP contribution in [0.4, 0.5) is 11.4 Å². The number of H-pyrrole nitrogens is 1. The van der Waals surface area contributed by atoms with Gasteiger partial charge in [0.1, 0.15) is 23.9 Å². The molecule has 246 valence electrons. The molecular formula is C36H39ClN4O6. The van der Waals surface area contributed by atoms with Gasteiger partial charge in [-0.25, -0.2) is 0 Å². The van der Waals surface area contributed by atoms with Crippen LogP contribution < -0.4 is 24.3 Å². The molecule has 2 fully saturated rings. The average Bonchev–Trinajstić information content (AvgIpc) is 3.87. The largest absolute Gasteiger partial charge is 0.497 e. The Morgan fingerprint density at radius 2 is 1.94 bits per heavy atom. The highest BCUT2D eigenvalue weighted by Gasteiger charge is 2.46. The zero-order valence-electron chi connectivity index (χ0n) is 26.8. The molecule has 3 atom stereocenters. The molecule has 1 saturated carbocycles. The minimum absolute atomic E-state index is 0.0366. The molecule has 2 aliphatic heterocycles. The minimum Gasteiger partial charge on any atom is -0.497 e. The van der Waals surface area contributed by atoms with Gasteiger partial charge in [-0.15, -0.1) is 0 Å². The number of carbonyl (C=O) groups is 1. The zero-order valence-corrected chi connectivity index (χ0v) is 27.6. The topological polar surface area (TPSA) is 107 Å². The van der Waals surface area contributed by atoms with Gasteiger partial charge in [-0.1, -0.05) is 24.1 Å². The second kappa shape index (κ2) is 13.4. The van der Waals surface area contributed by atoms with Crippen LogP contribution in [0.5, 0.6) is 23.0 Å². The molecule has 7 rings (SSSR count). The Bertz CT molecular complexity index is 1770. The van der Waals surface area contributed by atoms with E-state index in [-0.39, 0.29) is 24.0 Å². The fourth-order valence-corrected chi connectivity index (χ4v) is 7.51. The van der Waals surface area contributed by atoms with E-state index in [9.17, 15) is 4.79 Å². The average molecular weight is 659 g/mol. The summed E-state index contributed by atoms with van der Waals surface area (Å²) in [6, 6.07) is 13.2. The summed E-state index contributed by atoms with van der Waals surface area (Å²) in [4.78, 5) is 24.9. The van der Waals surface area contributed by atoms with Crippen molar-refractivity contribution in [3.63, 3.8) is 0 Å². The van der Waals surface area contributed by atoms with Crippen LogP contribution in [-0.2, 0) is 11.3 Å². The lowest BCUT2D eigenvalue weighted by atomic mass is 9.89. The molecule has 2 aromatic heterocycles. The number of nitrogens with zero attached hydrogens (tertiary/aromatic N) is 2. The maximum atomic E-state index is 14.8. The normalized spacial score (nSPS) is 20.1. The van der Waals surface area contributed by atoms with Crippen LogP contribution >= 0.6 is 11.6 Å². The van der Waals surface area contributed by atoms with Gasteiger partial charge in [-0.3, -0.25) is 9.78 Å². The molecule has 2 aromatic carbocycles. The highest BCUT2D eigenvalue weighted by molar-refractivity contribution is 6.32. The fraction of sp³-hybridized carbons (Fsp3) is 0.389. The summed E-state index contributed by atoms with van der Waals surface area (Å²) in [5.74, 6) is 2.53. The van der Waals surface area contributed by atoms with Gasteiger partial charge in [0.15, 0.2) is 5.75 Å². The molecule has 47 heavy (non-hydrogen) atoms. The summed E-state index contributed by atoms with van der Waals surface area (Å²) >= 11 is 6.55. The van der Waals surface area contributed by atoms with E-state index in [0.29, 0.717) is 58.1 Å². The van der Waals surface area contributed by atoms with Crippen LogP contribution in [0.25, 0.3) is 11.3 Å². The SMILES string of the molecule is COc1ccc(CN2C(=O)c3c([nH]c(-c4ccncc4OC[C@@H]4CCCO4)c3Nc3cccc(Cl)c3OC)[C@H]3CCC[C@H]32)c(OC)c1. The van der Waals surface area contributed by atoms with Crippen molar-refractivity contribution in [3.05, 3.63) is 76.7 Å². The number of ether oxygens (including phenoxy) is 5. The Morgan fingerprint density at radius 3 is 2.72 bits per heavy atom. The van der Waals surface area contributed by atoms with Crippen molar-refractivity contribution in [2.75, 3.05) is 39.9 Å². The summed E-state index contributed by atoms with van der Waals surface area (Å²) < 4.78 is 29.0. The number of aromatic amines is 1. The molecule has 0 radical (unpaired) electrons. The summed E-state index contributed by atoms with van der Waals surface area (Å²) in [6.07, 6.45) is 8.37. The predicted molar refractivity (Wildman–Crippen MR) is 180 cm³/mol. The third kappa shape index (κ3) is 5.85. The second-order valence-corrected chi connectivity index (χ2v) is 12.5. The molecule has 1 saturated heterocycles. The van der Waals surface area contributed by atoms with Gasteiger partial charge in [0.25, 0.3) is 5.91 Å². The number of para-hydroxylation sites is 1. The lowest BCUT2D eigenvalue weighted by Crippen LogP contribution is -2.45. The third-order valence-corrected chi connectivity index (χ3v) is 9.82. The number of rotatable bonds is 11. The maximum absolute atomic E-state index is 14.8. The van der Waals surface area contributed by atoms with Crippen molar-refractivity contribution in [2.45, 2.75) is 56.7 Å². The van der Waals surface area contributed by atoms with E-state index in [1.807, 2.05) is 41.3 Å². The number of amides is 1. The second-order valence-electron chi connectivity index (χ2n) is 12.1. The number of aromatic nitrogens is 2. The number of hydrogen-bond donors (Lipinski definition) is 2.